The molecule has 3 rings (SSSR count). The number of rotatable bonds is 1. The normalized spacial score (nSPS) is 10.9. The van der Waals surface area contributed by atoms with Crippen molar-refractivity contribution in [2.45, 2.75) is 11.8 Å². The smallest absolute Gasteiger partial charge is 0.303 e. The summed E-state index contributed by atoms with van der Waals surface area (Å²) < 4.78 is 32.6. The number of aromatic nitrogens is 1. The van der Waals surface area contributed by atoms with Crippen LogP contribution in [0.3, 0.4) is 0 Å². The summed E-state index contributed by atoms with van der Waals surface area (Å²) in [5.74, 6) is 6.17. The number of benzene rings is 2. The maximum atomic E-state index is 10.4. The number of aryl methyl sites for hydroxylation is 1. The molecule has 7 heteroatoms. The molecule has 23 heavy (non-hydrogen) atoms. The summed E-state index contributed by atoms with van der Waals surface area (Å²) in [4.78, 5) is -0.178. The third kappa shape index (κ3) is 4.18. The fourth-order valence-electron chi connectivity index (χ4n) is 1.96. The number of nitrogen functional groups attached to an aromatic ring is 2. The van der Waals surface area contributed by atoms with Crippen LogP contribution >= 0.6 is 0 Å². The monoisotopic (exact) mass is 331 g/mol. The molecular weight excluding hydrogens is 314 g/mol. The summed E-state index contributed by atoms with van der Waals surface area (Å²) in [7, 11) is -4.27. The molecule has 2 aromatic carbocycles. The zero-order chi connectivity index (χ0) is 17.0. The third-order valence-electron chi connectivity index (χ3n) is 3.24. The minimum atomic E-state index is -4.27. The second-order valence-electron chi connectivity index (χ2n) is 4.96. The molecule has 0 aliphatic carbocycles. The molecule has 0 unspecified atom stereocenters. The van der Waals surface area contributed by atoms with Crippen LogP contribution in [0.25, 0.3) is 10.8 Å². The first kappa shape index (κ1) is 16.7. The van der Waals surface area contributed by atoms with E-state index in [0.29, 0.717) is 5.82 Å². The molecule has 0 spiro atoms. The molecule has 0 aliphatic rings. The second kappa shape index (κ2) is 6.64. The Balaban J connectivity index is 0.000000168. The largest absolute Gasteiger partial charge is 0.744 e. The van der Waals surface area contributed by atoms with E-state index in [1.807, 2.05) is 37.3 Å². The van der Waals surface area contributed by atoms with Gasteiger partial charge in [-0.3, -0.25) is 11.6 Å². The van der Waals surface area contributed by atoms with Gasteiger partial charge < -0.3 is 4.55 Å². The number of fused-ring (bicyclic) bond motifs is 1. The van der Waals surface area contributed by atoms with Gasteiger partial charge in [-0.1, -0.05) is 35.9 Å². The van der Waals surface area contributed by atoms with E-state index in [0.717, 1.165) is 16.3 Å². The van der Waals surface area contributed by atoms with Crippen molar-refractivity contribution >= 4 is 26.7 Å². The third-order valence-corrected chi connectivity index (χ3v) is 4.09. The summed E-state index contributed by atoms with van der Waals surface area (Å²) in [5.41, 5.74) is 6.68. The lowest BCUT2D eigenvalue weighted by Crippen LogP contribution is -2.46. The molecule has 1 heterocycles. The predicted octanol–water partition coefficient (Wildman–Crippen LogP) is 1.32. The van der Waals surface area contributed by atoms with E-state index < -0.39 is 10.1 Å². The van der Waals surface area contributed by atoms with E-state index in [1.54, 1.807) is 18.3 Å². The van der Waals surface area contributed by atoms with Gasteiger partial charge in [0.15, 0.2) is 0 Å². The zero-order valence-electron chi connectivity index (χ0n) is 12.5. The lowest BCUT2D eigenvalue weighted by Gasteiger charge is -2.05. The van der Waals surface area contributed by atoms with Gasteiger partial charge >= 0.3 is 5.82 Å². The van der Waals surface area contributed by atoms with Gasteiger partial charge in [0.2, 0.25) is 0 Å². The first-order chi connectivity index (χ1) is 10.8. The first-order valence-electron chi connectivity index (χ1n) is 6.75. The van der Waals surface area contributed by atoms with Gasteiger partial charge in [0, 0.05) is 0 Å². The molecule has 0 saturated heterocycles. The van der Waals surface area contributed by atoms with Crippen LogP contribution in [0.15, 0.2) is 65.7 Å². The van der Waals surface area contributed by atoms with E-state index in [9.17, 15) is 13.0 Å². The summed E-state index contributed by atoms with van der Waals surface area (Å²) in [6, 6.07) is 15.6. The Labute approximate surface area is 134 Å². The highest BCUT2D eigenvalue weighted by molar-refractivity contribution is 7.85. The van der Waals surface area contributed by atoms with E-state index in [-0.39, 0.29) is 4.90 Å². The van der Waals surface area contributed by atoms with Crippen LogP contribution in [0.5, 0.6) is 0 Å². The van der Waals surface area contributed by atoms with Crippen molar-refractivity contribution in [2.75, 3.05) is 11.6 Å². The van der Waals surface area contributed by atoms with Crippen molar-refractivity contribution in [3.63, 3.8) is 0 Å². The van der Waals surface area contributed by atoms with Gasteiger partial charge in [0.1, 0.15) is 16.3 Å². The fourth-order valence-corrected chi connectivity index (χ4v) is 2.43. The van der Waals surface area contributed by atoms with Crippen molar-refractivity contribution in [1.82, 2.24) is 0 Å². The Hall–Kier alpha value is -2.64. The minimum absolute atomic E-state index is 0.178. The molecule has 0 atom stereocenters. The molecule has 120 valence electrons. The molecular formula is C16H17N3O3S. The molecule has 3 aromatic rings. The summed E-state index contributed by atoms with van der Waals surface area (Å²) in [6.45, 7) is 1.82. The number of nitrogens with two attached hydrogens (primary N) is 2. The molecule has 0 saturated carbocycles. The fraction of sp³-hybridized carbons (Fsp3) is 0.0625. The first-order valence-corrected chi connectivity index (χ1v) is 8.16. The molecule has 0 bridgehead atoms. The Morgan fingerprint density at radius 3 is 2.22 bits per heavy atom. The Morgan fingerprint density at radius 2 is 1.61 bits per heavy atom. The van der Waals surface area contributed by atoms with Crippen molar-refractivity contribution in [1.29, 1.82) is 0 Å². The lowest BCUT2D eigenvalue weighted by atomic mass is 10.2. The van der Waals surface area contributed by atoms with Crippen molar-refractivity contribution in [3.05, 3.63) is 66.4 Å². The Morgan fingerprint density at radius 1 is 1.00 bits per heavy atom. The second-order valence-corrected chi connectivity index (χ2v) is 6.34. The average molecular weight is 331 g/mol. The number of hydrogen-bond donors (Lipinski definition) is 2. The number of pyridine rings is 1. The highest BCUT2D eigenvalue weighted by Gasteiger charge is 2.05. The van der Waals surface area contributed by atoms with Crippen LogP contribution < -0.4 is 16.3 Å². The zero-order valence-corrected chi connectivity index (χ0v) is 13.3. The molecule has 0 aliphatic heterocycles. The maximum absolute atomic E-state index is 10.4. The Kier molecular flexibility index (Phi) is 4.83. The van der Waals surface area contributed by atoms with Gasteiger partial charge in [-0.05, 0) is 36.6 Å². The van der Waals surface area contributed by atoms with E-state index >= 15 is 0 Å². The number of nitrogens with zero attached hydrogens (tertiary/aromatic N) is 1. The van der Waals surface area contributed by atoms with Crippen LogP contribution in [0, 0.1) is 6.92 Å². The van der Waals surface area contributed by atoms with Crippen LogP contribution in [0.4, 0.5) is 5.82 Å². The van der Waals surface area contributed by atoms with E-state index in [1.165, 1.54) is 16.8 Å². The predicted molar refractivity (Wildman–Crippen MR) is 87.8 cm³/mol. The van der Waals surface area contributed by atoms with E-state index in [2.05, 4.69) is 0 Å². The van der Waals surface area contributed by atoms with Crippen LogP contribution in [-0.2, 0) is 10.1 Å². The van der Waals surface area contributed by atoms with Gasteiger partial charge in [-0.15, -0.1) is 4.68 Å². The van der Waals surface area contributed by atoms with Crippen LogP contribution in [-0.4, -0.2) is 13.0 Å². The highest BCUT2D eigenvalue weighted by atomic mass is 32.2. The molecule has 0 fully saturated rings. The summed E-state index contributed by atoms with van der Waals surface area (Å²) in [6.07, 6.45) is 1.75. The topological polar surface area (TPSA) is 113 Å². The van der Waals surface area contributed by atoms with Gasteiger partial charge in [0.05, 0.1) is 10.3 Å². The van der Waals surface area contributed by atoms with Crippen molar-refractivity contribution < 1.29 is 17.6 Å². The summed E-state index contributed by atoms with van der Waals surface area (Å²) >= 11 is 0. The number of anilines is 1. The molecule has 0 radical (unpaired) electrons. The van der Waals surface area contributed by atoms with Crippen LogP contribution in [0.1, 0.15) is 5.56 Å². The maximum Gasteiger partial charge on any atom is 0.303 e. The molecule has 6 nitrogen and oxygen atoms in total. The minimum Gasteiger partial charge on any atom is -0.744 e. The SMILES string of the molecule is Cc1ccc(S(=O)(=O)[O-])cc1.Nc1c2ccccc2cc[n+]1N. The molecule has 0 amide bonds. The van der Waals surface area contributed by atoms with Crippen molar-refractivity contribution in [2.24, 2.45) is 0 Å². The lowest BCUT2D eigenvalue weighted by molar-refractivity contribution is -0.622. The quantitative estimate of drug-likeness (QED) is 0.397. The van der Waals surface area contributed by atoms with Gasteiger partial charge in [0.25, 0.3) is 0 Å². The standard InChI is InChI=1S/C9H9N3.C7H8O3S/c10-9-8-4-2-1-3-7(8)5-6-12(9)11;1-6-2-4-7(5-3-6)11(8,9)10/h1-6,10H,11H2;2-5H,1H3,(H,8,9,10). The summed E-state index contributed by atoms with van der Waals surface area (Å²) in [5, 5.41) is 2.10. The van der Waals surface area contributed by atoms with E-state index in [4.69, 9.17) is 11.6 Å². The Bertz CT molecular complexity index is 923. The van der Waals surface area contributed by atoms with Crippen molar-refractivity contribution in [3.8, 4) is 0 Å². The average Bonchev–Trinajstić information content (AvgIpc) is 2.51. The van der Waals surface area contributed by atoms with Gasteiger partial charge in [-0.2, -0.15) is 0 Å². The molecule has 4 N–H and O–H groups in total. The van der Waals surface area contributed by atoms with Gasteiger partial charge in [-0.25, -0.2) is 8.42 Å². The molecule has 1 aromatic heterocycles. The highest BCUT2D eigenvalue weighted by Crippen LogP contribution is 2.15. The van der Waals surface area contributed by atoms with Crippen LogP contribution in [0.2, 0.25) is 0 Å². The number of hydrogen-bond acceptors (Lipinski definition) is 5.